The second-order valence-corrected chi connectivity index (χ2v) is 10.8. The molecule has 1 N–H and O–H groups in total. The summed E-state index contributed by atoms with van der Waals surface area (Å²) >= 11 is 0.204. The molecular weight excluding hydrogens is 391 g/mol. The molecule has 0 bridgehead atoms. The van der Waals surface area contributed by atoms with Gasteiger partial charge in [-0.15, -0.1) is 0 Å². The van der Waals surface area contributed by atoms with Gasteiger partial charge < -0.3 is 0 Å². The van der Waals surface area contributed by atoms with Crippen molar-refractivity contribution in [2.75, 3.05) is 6.54 Å². The van der Waals surface area contributed by atoms with E-state index in [1.807, 2.05) is 6.08 Å². The van der Waals surface area contributed by atoms with Gasteiger partial charge in [-0.25, -0.2) is 0 Å². The molecular formula is C22H31AsF2N. The molecule has 0 amide bonds. The van der Waals surface area contributed by atoms with Crippen LogP contribution in [0.1, 0.15) is 63.9 Å². The molecule has 26 heavy (non-hydrogen) atoms. The molecule has 1 aromatic carbocycles. The van der Waals surface area contributed by atoms with Gasteiger partial charge in [0.05, 0.1) is 0 Å². The van der Waals surface area contributed by atoms with Crippen LogP contribution in [0.5, 0.6) is 0 Å². The van der Waals surface area contributed by atoms with Crippen LogP contribution < -0.4 is 5.32 Å². The van der Waals surface area contributed by atoms with Crippen molar-refractivity contribution in [2.24, 2.45) is 5.92 Å². The van der Waals surface area contributed by atoms with Crippen LogP contribution >= 0.6 is 0 Å². The number of rotatable bonds is 7. The van der Waals surface area contributed by atoms with Crippen LogP contribution in [0, 0.1) is 17.6 Å². The molecule has 1 aliphatic carbocycles. The first-order chi connectivity index (χ1) is 12.6. The van der Waals surface area contributed by atoms with E-state index < -0.39 is 11.6 Å². The molecule has 2 atom stereocenters. The van der Waals surface area contributed by atoms with Gasteiger partial charge in [0.25, 0.3) is 0 Å². The molecule has 1 aromatic rings. The van der Waals surface area contributed by atoms with Crippen molar-refractivity contribution < 1.29 is 8.78 Å². The molecule has 143 valence electrons. The van der Waals surface area contributed by atoms with Crippen molar-refractivity contribution in [1.82, 2.24) is 5.32 Å². The van der Waals surface area contributed by atoms with Gasteiger partial charge >= 0.3 is 164 Å². The second kappa shape index (κ2) is 10.0. The first-order valence-corrected chi connectivity index (χ1v) is 12.5. The van der Waals surface area contributed by atoms with Crippen LogP contribution in [0.2, 0.25) is 9.91 Å². The van der Waals surface area contributed by atoms with Crippen LogP contribution in [0.4, 0.5) is 8.78 Å². The summed E-state index contributed by atoms with van der Waals surface area (Å²) in [7, 11) is 0. The third-order valence-corrected chi connectivity index (χ3v) is 9.41. The Labute approximate surface area is 163 Å². The molecule has 3 rings (SSSR count). The summed E-state index contributed by atoms with van der Waals surface area (Å²) in [6.45, 7) is 3.26. The molecule has 4 heteroatoms. The Morgan fingerprint density at radius 3 is 2.69 bits per heavy atom. The van der Waals surface area contributed by atoms with E-state index >= 15 is 0 Å². The zero-order valence-electron chi connectivity index (χ0n) is 15.8. The summed E-state index contributed by atoms with van der Waals surface area (Å²) in [4.78, 5) is 0. The number of hydrogen-bond acceptors (Lipinski definition) is 1. The Morgan fingerprint density at radius 2 is 2.00 bits per heavy atom. The summed E-state index contributed by atoms with van der Waals surface area (Å²) in [6.07, 6.45) is 13.0. The number of benzene rings is 1. The Bertz CT molecular complexity index is 604. The van der Waals surface area contributed by atoms with Crippen LogP contribution in [-0.4, -0.2) is 28.3 Å². The molecule has 0 aromatic heterocycles. The van der Waals surface area contributed by atoms with E-state index in [2.05, 4.69) is 12.2 Å². The SMILES string of the molecule is CC(=Cc1ccc(F)cc1F)C[As]C(CC1CCCCC1)[C@@H]1CCCN1. The minimum atomic E-state index is -0.511. The van der Waals surface area contributed by atoms with Crippen molar-refractivity contribution in [1.29, 1.82) is 0 Å². The normalized spacial score (nSPS) is 23.8. The maximum absolute atomic E-state index is 13.9. The maximum atomic E-state index is 13.9. The molecule has 1 radical (unpaired) electrons. The van der Waals surface area contributed by atoms with Crippen molar-refractivity contribution in [3.8, 4) is 0 Å². The Morgan fingerprint density at radius 1 is 1.19 bits per heavy atom. The van der Waals surface area contributed by atoms with Gasteiger partial charge in [-0.3, -0.25) is 0 Å². The zero-order valence-corrected chi connectivity index (χ0v) is 17.7. The van der Waals surface area contributed by atoms with E-state index in [4.69, 9.17) is 0 Å². The fourth-order valence-corrected chi connectivity index (χ4v) is 7.66. The Hall–Kier alpha value is -0.662. The van der Waals surface area contributed by atoms with Crippen LogP contribution in [-0.2, 0) is 0 Å². The van der Waals surface area contributed by atoms with Gasteiger partial charge in [-0.05, 0) is 0 Å². The zero-order chi connectivity index (χ0) is 18.4. The van der Waals surface area contributed by atoms with Crippen LogP contribution in [0.25, 0.3) is 6.08 Å². The third kappa shape index (κ3) is 5.92. The van der Waals surface area contributed by atoms with Gasteiger partial charge in [0.15, 0.2) is 0 Å². The Kier molecular flexibility index (Phi) is 7.75. The van der Waals surface area contributed by atoms with E-state index in [1.165, 1.54) is 69.6 Å². The van der Waals surface area contributed by atoms with Crippen molar-refractivity contribution >= 4 is 21.8 Å². The molecule has 1 aliphatic heterocycles. The minimum absolute atomic E-state index is 0.204. The summed E-state index contributed by atoms with van der Waals surface area (Å²) in [5.74, 6) is -0.0504. The Balaban J connectivity index is 1.59. The van der Waals surface area contributed by atoms with Gasteiger partial charge in [0.2, 0.25) is 0 Å². The van der Waals surface area contributed by atoms with Crippen molar-refractivity contribution in [3.63, 3.8) is 0 Å². The van der Waals surface area contributed by atoms with E-state index in [9.17, 15) is 8.78 Å². The van der Waals surface area contributed by atoms with Crippen molar-refractivity contribution in [3.05, 3.63) is 41.0 Å². The second-order valence-electron chi connectivity index (χ2n) is 8.01. The molecule has 1 saturated heterocycles. The summed E-state index contributed by atoms with van der Waals surface area (Å²) < 4.78 is 27.8. The van der Waals surface area contributed by atoms with Gasteiger partial charge in [0.1, 0.15) is 0 Å². The summed E-state index contributed by atoms with van der Waals surface area (Å²) in [5.41, 5.74) is 1.73. The van der Waals surface area contributed by atoms with Crippen LogP contribution in [0.3, 0.4) is 0 Å². The third-order valence-electron chi connectivity index (χ3n) is 5.80. The fraction of sp³-hybridized carbons (Fsp3) is 0.636. The number of allylic oxidation sites excluding steroid dienone is 1. The first kappa shape index (κ1) is 20.1. The van der Waals surface area contributed by atoms with Crippen LogP contribution in [0.15, 0.2) is 23.8 Å². The van der Waals surface area contributed by atoms with E-state index in [-0.39, 0.29) is 15.8 Å². The molecule has 2 aliphatic rings. The topological polar surface area (TPSA) is 12.0 Å². The van der Waals surface area contributed by atoms with E-state index in [0.717, 1.165) is 21.9 Å². The number of hydrogen-bond donors (Lipinski definition) is 1. The average Bonchev–Trinajstić information content (AvgIpc) is 3.16. The van der Waals surface area contributed by atoms with E-state index in [1.54, 1.807) is 6.07 Å². The van der Waals surface area contributed by atoms with E-state index in [0.29, 0.717) is 11.6 Å². The molecule has 1 heterocycles. The average molecular weight is 422 g/mol. The standard InChI is InChI=1S/C22H31AsF2N/c1-16(12-18-9-10-19(24)14-21(18)25)15-23-20(22-8-5-11-26-22)13-17-6-3-2-4-7-17/h9-10,12,14,17,20,22,26H,2-8,11,13,15H2,1H3/t20?,22-/m0/s1. The summed E-state index contributed by atoms with van der Waals surface area (Å²) in [5, 5.41) is 4.82. The molecule has 0 spiro atoms. The van der Waals surface area contributed by atoms with Crippen molar-refractivity contribution in [2.45, 2.75) is 74.2 Å². The predicted molar refractivity (Wildman–Crippen MR) is 107 cm³/mol. The monoisotopic (exact) mass is 422 g/mol. The van der Waals surface area contributed by atoms with Gasteiger partial charge in [-0.1, -0.05) is 0 Å². The van der Waals surface area contributed by atoms with Gasteiger partial charge in [-0.2, -0.15) is 0 Å². The quantitative estimate of drug-likeness (QED) is 0.532. The number of nitrogens with one attached hydrogen (secondary N) is 1. The van der Waals surface area contributed by atoms with Gasteiger partial charge in [0, 0.05) is 0 Å². The molecule has 1 nitrogen and oxygen atoms in total. The summed E-state index contributed by atoms with van der Waals surface area (Å²) in [6, 6.07) is 4.56. The number of halogens is 2. The first-order valence-electron chi connectivity index (χ1n) is 10.1. The molecule has 1 unspecified atom stereocenters. The molecule has 2 fully saturated rings. The predicted octanol–water partition coefficient (Wildman–Crippen LogP) is 6.00. The molecule has 1 saturated carbocycles. The fourth-order valence-electron chi connectivity index (χ4n) is 4.36.